The zero-order valence-corrected chi connectivity index (χ0v) is 17.3. The number of fused-ring (bicyclic) bond motifs is 2. The number of piperidine rings is 1. The van der Waals surface area contributed by atoms with E-state index in [4.69, 9.17) is 17.0 Å². The summed E-state index contributed by atoms with van der Waals surface area (Å²) in [7, 11) is 1.72. The highest BCUT2D eigenvalue weighted by atomic mass is 32.1. The molecule has 2 saturated carbocycles. The molecule has 1 aliphatic heterocycles. The first-order valence-corrected chi connectivity index (χ1v) is 11.1. The van der Waals surface area contributed by atoms with Crippen molar-refractivity contribution in [2.24, 2.45) is 11.8 Å². The molecule has 148 valence electrons. The van der Waals surface area contributed by atoms with Crippen LogP contribution in [-0.2, 0) is 0 Å². The van der Waals surface area contributed by atoms with E-state index in [0.717, 1.165) is 29.2 Å². The van der Waals surface area contributed by atoms with Crippen LogP contribution < -0.4 is 15.4 Å². The van der Waals surface area contributed by atoms with Gasteiger partial charge in [0.15, 0.2) is 5.11 Å². The van der Waals surface area contributed by atoms with Crippen molar-refractivity contribution in [3.05, 3.63) is 29.8 Å². The predicted octanol–water partition coefficient (Wildman–Crippen LogP) is 3.87. The van der Waals surface area contributed by atoms with E-state index in [-0.39, 0.29) is 0 Å². The summed E-state index contributed by atoms with van der Waals surface area (Å²) in [6, 6.07) is 9.49. The summed E-state index contributed by atoms with van der Waals surface area (Å²) in [5.74, 6) is 2.70. The molecule has 2 aliphatic carbocycles. The molecule has 0 amide bonds. The quantitative estimate of drug-likeness (QED) is 0.725. The van der Waals surface area contributed by atoms with Gasteiger partial charge in [-0.2, -0.15) is 0 Å². The molecule has 1 aromatic rings. The summed E-state index contributed by atoms with van der Waals surface area (Å²) >= 11 is 5.65. The molecule has 2 bridgehead atoms. The third-order valence-corrected chi connectivity index (χ3v) is 7.10. The Morgan fingerprint density at radius 1 is 1.15 bits per heavy atom. The molecule has 0 unspecified atom stereocenters. The molecule has 27 heavy (non-hydrogen) atoms. The van der Waals surface area contributed by atoms with E-state index in [1.165, 1.54) is 63.6 Å². The molecule has 4 atom stereocenters. The number of nitrogens with one attached hydrogen (secondary N) is 2. The SMILES string of the molecule is COc1ccc([C@@H](CNC(=S)N[C@@H]2C[C@@H]3CC[C@@H]2C3)N2CCCCC2)cc1. The second-order valence-electron chi connectivity index (χ2n) is 8.52. The average molecular weight is 388 g/mol. The second-order valence-corrected chi connectivity index (χ2v) is 8.93. The number of ether oxygens (including phenoxy) is 1. The van der Waals surface area contributed by atoms with Gasteiger partial charge in [-0.05, 0) is 86.9 Å². The molecule has 0 radical (unpaired) electrons. The number of hydrogen-bond donors (Lipinski definition) is 2. The number of benzene rings is 1. The lowest BCUT2D eigenvalue weighted by molar-refractivity contribution is 0.164. The topological polar surface area (TPSA) is 36.5 Å². The maximum absolute atomic E-state index is 5.65. The molecule has 1 heterocycles. The Labute approximate surface area is 169 Å². The Bertz CT molecular complexity index is 629. The molecule has 3 fully saturated rings. The fourth-order valence-electron chi connectivity index (χ4n) is 5.34. The number of rotatable bonds is 6. The lowest BCUT2D eigenvalue weighted by Crippen LogP contribution is -2.47. The van der Waals surface area contributed by atoms with Gasteiger partial charge in [0, 0.05) is 12.6 Å². The van der Waals surface area contributed by atoms with Gasteiger partial charge >= 0.3 is 0 Å². The van der Waals surface area contributed by atoms with Crippen molar-refractivity contribution in [1.29, 1.82) is 0 Å². The van der Waals surface area contributed by atoms with Crippen molar-refractivity contribution in [1.82, 2.24) is 15.5 Å². The maximum atomic E-state index is 5.65. The molecule has 4 nitrogen and oxygen atoms in total. The zero-order chi connectivity index (χ0) is 18.6. The van der Waals surface area contributed by atoms with Crippen molar-refractivity contribution >= 4 is 17.3 Å². The van der Waals surface area contributed by atoms with E-state index < -0.39 is 0 Å². The number of methoxy groups -OCH3 is 1. The van der Waals surface area contributed by atoms with Crippen molar-refractivity contribution in [3.63, 3.8) is 0 Å². The summed E-state index contributed by atoms with van der Waals surface area (Å²) < 4.78 is 5.33. The van der Waals surface area contributed by atoms with Gasteiger partial charge in [0.05, 0.1) is 13.2 Å². The van der Waals surface area contributed by atoms with Crippen LogP contribution in [0.4, 0.5) is 0 Å². The third-order valence-electron chi connectivity index (χ3n) is 6.84. The van der Waals surface area contributed by atoms with Gasteiger partial charge in [-0.3, -0.25) is 4.90 Å². The second kappa shape index (κ2) is 8.78. The van der Waals surface area contributed by atoms with Crippen molar-refractivity contribution in [3.8, 4) is 5.75 Å². The Morgan fingerprint density at radius 2 is 1.93 bits per heavy atom. The van der Waals surface area contributed by atoms with Gasteiger partial charge in [-0.1, -0.05) is 25.0 Å². The van der Waals surface area contributed by atoms with Crippen molar-refractivity contribution < 1.29 is 4.74 Å². The smallest absolute Gasteiger partial charge is 0.166 e. The molecule has 1 aromatic carbocycles. The van der Waals surface area contributed by atoms with Gasteiger partial charge in [-0.15, -0.1) is 0 Å². The Morgan fingerprint density at radius 3 is 2.56 bits per heavy atom. The van der Waals surface area contributed by atoms with Gasteiger partial charge < -0.3 is 15.4 Å². The van der Waals surface area contributed by atoms with Crippen LogP contribution >= 0.6 is 12.2 Å². The van der Waals surface area contributed by atoms with E-state index in [0.29, 0.717) is 12.1 Å². The minimum atomic E-state index is 0.357. The first-order valence-electron chi connectivity index (χ1n) is 10.7. The van der Waals surface area contributed by atoms with Gasteiger partial charge in [0.2, 0.25) is 0 Å². The van der Waals surface area contributed by atoms with Crippen LogP contribution in [0.3, 0.4) is 0 Å². The summed E-state index contributed by atoms with van der Waals surface area (Å²) in [5.41, 5.74) is 1.34. The number of hydrogen-bond acceptors (Lipinski definition) is 3. The molecule has 2 N–H and O–H groups in total. The van der Waals surface area contributed by atoms with Crippen LogP contribution in [0.1, 0.15) is 56.6 Å². The molecule has 0 spiro atoms. The molecule has 3 aliphatic rings. The van der Waals surface area contributed by atoms with Crippen LogP contribution in [0.15, 0.2) is 24.3 Å². The van der Waals surface area contributed by atoms with E-state index in [9.17, 15) is 0 Å². The largest absolute Gasteiger partial charge is 0.497 e. The minimum absolute atomic E-state index is 0.357. The fraction of sp³-hybridized carbons (Fsp3) is 0.682. The normalized spacial score (nSPS) is 28.7. The fourth-order valence-corrected chi connectivity index (χ4v) is 5.58. The van der Waals surface area contributed by atoms with Crippen LogP contribution in [0.2, 0.25) is 0 Å². The van der Waals surface area contributed by atoms with Gasteiger partial charge in [0.1, 0.15) is 5.75 Å². The molecule has 4 rings (SSSR count). The highest BCUT2D eigenvalue weighted by molar-refractivity contribution is 7.80. The first-order chi connectivity index (χ1) is 13.2. The van der Waals surface area contributed by atoms with Crippen LogP contribution in [0, 0.1) is 11.8 Å². The van der Waals surface area contributed by atoms with E-state index in [2.05, 4.69) is 39.8 Å². The van der Waals surface area contributed by atoms with Crippen molar-refractivity contribution in [2.75, 3.05) is 26.7 Å². The molecule has 1 saturated heterocycles. The summed E-state index contributed by atoms with van der Waals surface area (Å²) in [6.45, 7) is 3.20. The monoisotopic (exact) mass is 387 g/mol. The summed E-state index contributed by atoms with van der Waals surface area (Å²) in [5, 5.41) is 8.00. The van der Waals surface area contributed by atoms with Crippen LogP contribution in [0.5, 0.6) is 5.75 Å². The molecular formula is C22H33N3OS. The molecular weight excluding hydrogens is 354 g/mol. The minimum Gasteiger partial charge on any atom is -0.497 e. The first kappa shape index (κ1) is 19.0. The number of nitrogens with zero attached hydrogens (tertiary/aromatic N) is 1. The zero-order valence-electron chi connectivity index (χ0n) is 16.5. The molecule has 5 heteroatoms. The van der Waals surface area contributed by atoms with Gasteiger partial charge in [0.25, 0.3) is 0 Å². The highest BCUT2D eigenvalue weighted by Crippen LogP contribution is 2.44. The molecule has 0 aromatic heterocycles. The lowest BCUT2D eigenvalue weighted by atomic mass is 9.95. The predicted molar refractivity (Wildman–Crippen MR) is 114 cm³/mol. The van der Waals surface area contributed by atoms with Crippen LogP contribution in [-0.4, -0.2) is 42.8 Å². The van der Waals surface area contributed by atoms with E-state index in [1.807, 2.05) is 0 Å². The number of thiocarbonyl (C=S) groups is 1. The average Bonchev–Trinajstić information content (AvgIpc) is 3.32. The Kier molecular flexibility index (Phi) is 6.18. The summed E-state index contributed by atoms with van der Waals surface area (Å²) in [6.07, 6.45) is 9.46. The van der Waals surface area contributed by atoms with Crippen LogP contribution in [0.25, 0.3) is 0 Å². The number of likely N-dealkylation sites (tertiary alicyclic amines) is 1. The van der Waals surface area contributed by atoms with E-state index in [1.54, 1.807) is 7.11 Å². The third kappa shape index (κ3) is 4.57. The Hall–Kier alpha value is -1.33. The summed E-state index contributed by atoms with van der Waals surface area (Å²) in [4.78, 5) is 2.61. The van der Waals surface area contributed by atoms with E-state index >= 15 is 0 Å². The van der Waals surface area contributed by atoms with Crippen molar-refractivity contribution in [2.45, 2.75) is 57.0 Å². The lowest BCUT2D eigenvalue weighted by Gasteiger charge is -2.35. The van der Waals surface area contributed by atoms with Gasteiger partial charge in [-0.25, -0.2) is 0 Å². The highest BCUT2D eigenvalue weighted by Gasteiger charge is 2.39. The Balaban J connectivity index is 1.36. The maximum Gasteiger partial charge on any atom is 0.166 e. The standard InChI is InChI=1S/C22H33N3OS/c1-26-19-9-7-17(8-10-19)21(25-11-3-2-4-12-25)15-23-22(27)24-20-14-16-5-6-18(20)13-16/h7-10,16,18,20-21H,2-6,11-15H2,1H3,(H2,23,24,27)/t16-,18-,20-,21-/m1/s1.